The van der Waals surface area contributed by atoms with Gasteiger partial charge in [-0.15, -0.1) is 0 Å². The number of amides is 1. The van der Waals surface area contributed by atoms with E-state index in [1.54, 1.807) is 24.4 Å². The highest BCUT2D eigenvalue weighted by Crippen LogP contribution is 2.30. The number of pyridine rings is 1. The summed E-state index contributed by atoms with van der Waals surface area (Å²) in [5.41, 5.74) is 0.640. The predicted molar refractivity (Wildman–Crippen MR) is 107 cm³/mol. The lowest BCUT2D eigenvalue weighted by Gasteiger charge is -2.10. The molecule has 0 aliphatic rings. The molecule has 27 heavy (non-hydrogen) atoms. The molecule has 2 aromatic carbocycles. The predicted octanol–water partition coefficient (Wildman–Crippen LogP) is 4.71. The van der Waals surface area contributed by atoms with Gasteiger partial charge in [0, 0.05) is 23.7 Å². The van der Waals surface area contributed by atoms with Crippen molar-refractivity contribution in [2.45, 2.75) is 4.90 Å². The van der Waals surface area contributed by atoms with E-state index in [4.69, 9.17) is 25.9 Å². The Kier molecular flexibility index (Phi) is 4.76. The molecule has 0 fully saturated rings. The summed E-state index contributed by atoms with van der Waals surface area (Å²) in [5, 5.41) is 2.59. The Labute approximate surface area is 169 Å². The van der Waals surface area contributed by atoms with Crippen LogP contribution in [0.25, 0.3) is 11.3 Å². The molecule has 1 heterocycles. The van der Waals surface area contributed by atoms with Crippen molar-refractivity contribution in [2.24, 2.45) is 0 Å². The van der Waals surface area contributed by atoms with Crippen molar-refractivity contribution in [3.63, 3.8) is 0 Å². The van der Waals surface area contributed by atoms with E-state index >= 15 is 0 Å². The number of sulfone groups is 1. The molecule has 1 aromatic heterocycles. The minimum absolute atomic E-state index is 0.00667. The van der Waals surface area contributed by atoms with Gasteiger partial charge in [0.25, 0.3) is 5.91 Å². The quantitative estimate of drug-likeness (QED) is 0.660. The molecule has 0 unspecified atom stereocenters. The lowest BCUT2D eigenvalue weighted by Crippen LogP contribution is -2.13. The topological polar surface area (TPSA) is 76.1 Å². The van der Waals surface area contributed by atoms with E-state index in [2.05, 4.69) is 10.3 Å². The Morgan fingerprint density at radius 1 is 1.15 bits per heavy atom. The van der Waals surface area contributed by atoms with Gasteiger partial charge >= 0.3 is 0 Å². The summed E-state index contributed by atoms with van der Waals surface area (Å²) in [4.78, 5) is 16.8. The van der Waals surface area contributed by atoms with Crippen LogP contribution in [0.4, 0.5) is 5.69 Å². The summed E-state index contributed by atoms with van der Waals surface area (Å²) >= 11 is 12.3. The molecule has 0 radical (unpaired) electrons. The zero-order chi connectivity index (χ0) is 21.3. The van der Waals surface area contributed by atoms with Gasteiger partial charge in [-0.05, 0) is 48.5 Å². The van der Waals surface area contributed by atoms with Gasteiger partial charge in [-0.1, -0.05) is 29.3 Å². The van der Waals surface area contributed by atoms with Crippen LogP contribution in [0.5, 0.6) is 0 Å². The summed E-state index contributed by atoms with van der Waals surface area (Å²) in [6.07, 6.45) is 2.57. The third-order valence-corrected chi connectivity index (χ3v) is 5.33. The van der Waals surface area contributed by atoms with E-state index in [0.29, 0.717) is 5.69 Å². The fraction of sp³-hybridized carbons (Fsp3) is 0.0526. The highest BCUT2D eigenvalue weighted by Gasteiger charge is 2.15. The molecule has 138 valence electrons. The van der Waals surface area contributed by atoms with E-state index in [0.717, 1.165) is 6.26 Å². The van der Waals surface area contributed by atoms with Gasteiger partial charge in [-0.25, -0.2) is 8.42 Å². The zero-order valence-electron chi connectivity index (χ0n) is 16.0. The van der Waals surface area contributed by atoms with Crippen molar-refractivity contribution < 1.29 is 16.0 Å². The number of nitrogens with one attached hydrogen (secondary N) is 1. The molecule has 1 N–H and O–H groups in total. The third-order valence-electron chi connectivity index (χ3n) is 3.60. The van der Waals surface area contributed by atoms with Gasteiger partial charge in [0.1, 0.15) is 0 Å². The first kappa shape index (κ1) is 16.7. The summed E-state index contributed by atoms with van der Waals surface area (Å²) in [6.45, 7) is 0. The molecule has 1 amide bonds. The van der Waals surface area contributed by atoms with Gasteiger partial charge in [0.15, 0.2) is 9.84 Å². The van der Waals surface area contributed by atoms with Gasteiger partial charge in [0.2, 0.25) is 0 Å². The van der Waals surface area contributed by atoms with Crippen molar-refractivity contribution >= 4 is 44.6 Å². The van der Waals surface area contributed by atoms with Crippen molar-refractivity contribution in [3.8, 4) is 11.3 Å². The Morgan fingerprint density at radius 2 is 1.93 bits per heavy atom. The molecule has 5 nitrogen and oxygen atoms in total. The zero-order valence-corrected chi connectivity index (χ0v) is 16.3. The first-order valence-electron chi connectivity index (χ1n) is 8.61. The van der Waals surface area contributed by atoms with Crippen LogP contribution in [0, 0.1) is 0 Å². The normalized spacial score (nSPS) is 12.3. The number of aromatic nitrogens is 1. The number of carbonyl (C=O) groups is 1. The first-order valence-corrected chi connectivity index (χ1v) is 10.3. The van der Waals surface area contributed by atoms with Crippen molar-refractivity contribution in [1.29, 1.82) is 0 Å². The number of hydrogen-bond donors (Lipinski definition) is 1. The van der Waals surface area contributed by atoms with Crippen LogP contribution in [0.3, 0.4) is 0 Å². The molecule has 0 atom stereocenters. The highest BCUT2D eigenvalue weighted by atomic mass is 35.5. The second-order valence-electron chi connectivity index (χ2n) is 5.59. The smallest absolute Gasteiger partial charge is 0.257 e. The van der Waals surface area contributed by atoms with Crippen molar-refractivity contribution in [3.05, 3.63) is 76.4 Å². The first-order chi connectivity index (χ1) is 13.6. The molecular formula is C19H14Cl2N2O3S. The number of rotatable bonds is 4. The summed E-state index contributed by atoms with van der Waals surface area (Å²) < 4.78 is 39.8. The number of nitrogens with zero attached hydrogens (tertiary/aromatic N) is 1. The minimum Gasteiger partial charge on any atom is -0.322 e. The average molecular weight is 423 g/mol. The molecule has 8 heteroatoms. The van der Waals surface area contributed by atoms with E-state index in [1.165, 1.54) is 24.3 Å². The molecule has 0 aliphatic heterocycles. The van der Waals surface area contributed by atoms with E-state index in [-0.39, 0.29) is 43.8 Å². The fourth-order valence-corrected chi connectivity index (χ4v) is 3.46. The SMILES string of the molecule is [2H]c1cc(Cl)c(-c2ccccn2)c([2H])c1NC(=O)c1ccc(S(C)(=O)=O)cc1Cl. The molecular weight excluding hydrogens is 407 g/mol. The number of anilines is 1. The fourth-order valence-electron chi connectivity index (χ4n) is 2.28. The van der Waals surface area contributed by atoms with Gasteiger partial charge < -0.3 is 5.32 Å². The lowest BCUT2D eigenvalue weighted by atomic mass is 10.1. The number of halogens is 2. The van der Waals surface area contributed by atoms with Crippen LogP contribution in [-0.4, -0.2) is 25.6 Å². The average Bonchev–Trinajstić information content (AvgIpc) is 2.65. The Morgan fingerprint density at radius 3 is 2.56 bits per heavy atom. The van der Waals surface area contributed by atoms with Crippen LogP contribution in [0.1, 0.15) is 13.1 Å². The minimum atomic E-state index is -3.48. The molecule has 0 aliphatic carbocycles. The number of carbonyl (C=O) groups excluding carboxylic acids is 1. The monoisotopic (exact) mass is 422 g/mol. The standard InChI is InChI=1S/C19H14Cl2N2O3S/c1-27(25,26)13-6-7-14(17(21)11-13)19(24)23-12-5-8-16(20)15(10-12)18-4-2-3-9-22-18/h2-11H,1H3,(H,23,24)/i5D,10D. The Bertz CT molecular complexity index is 1220. The molecule has 0 spiro atoms. The Balaban J connectivity index is 2.02. The van der Waals surface area contributed by atoms with Crippen molar-refractivity contribution in [2.75, 3.05) is 11.6 Å². The molecule has 3 rings (SSSR count). The maximum atomic E-state index is 12.7. The van der Waals surface area contributed by atoms with Crippen LogP contribution in [0.15, 0.2) is 65.6 Å². The summed E-state index contributed by atoms with van der Waals surface area (Å²) in [6, 6.07) is 9.81. The van der Waals surface area contributed by atoms with Crippen LogP contribution in [0.2, 0.25) is 10.0 Å². The molecule has 0 saturated carbocycles. The van der Waals surface area contributed by atoms with E-state index in [1.807, 2.05) is 0 Å². The van der Waals surface area contributed by atoms with Gasteiger partial charge in [-0.3, -0.25) is 9.78 Å². The van der Waals surface area contributed by atoms with Gasteiger partial charge in [0.05, 0.1) is 28.9 Å². The maximum Gasteiger partial charge on any atom is 0.257 e. The largest absolute Gasteiger partial charge is 0.322 e. The van der Waals surface area contributed by atoms with E-state index < -0.39 is 15.7 Å². The number of benzene rings is 2. The third kappa shape index (κ3) is 4.47. The van der Waals surface area contributed by atoms with Crippen LogP contribution < -0.4 is 5.32 Å². The van der Waals surface area contributed by atoms with Gasteiger partial charge in [-0.2, -0.15) is 0 Å². The van der Waals surface area contributed by atoms with E-state index in [9.17, 15) is 13.2 Å². The summed E-state index contributed by atoms with van der Waals surface area (Å²) in [7, 11) is -3.48. The number of hydrogen-bond acceptors (Lipinski definition) is 4. The lowest BCUT2D eigenvalue weighted by molar-refractivity contribution is 0.102. The van der Waals surface area contributed by atoms with Crippen LogP contribution in [-0.2, 0) is 9.84 Å². The second-order valence-corrected chi connectivity index (χ2v) is 8.42. The molecule has 0 bridgehead atoms. The molecule has 0 saturated heterocycles. The Hall–Kier alpha value is -2.41. The van der Waals surface area contributed by atoms with Crippen molar-refractivity contribution in [1.82, 2.24) is 4.98 Å². The highest BCUT2D eigenvalue weighted by molar-refractivity contribution is 7.90. The van der Waals surface area contributed by atoms with Crippen LogP contribution >= 0.6 is 23.2 Å². The molecule has 3 aromatic rings. The summed E-state index contributed by atoms with van der Waals surface area (Å²) in [5.74, 6) is -0.689. The second kappa shape index (κ2) is 7.68. The maximum absolute atomic E-state index is 12.7.